The summed E-state index contributed by atoms with van der Waals surface area (Å²) in [5, 5.41) is 1.23. The number of aromatic nitrogens is 1. The maximum atomic E-state index is 13.7. The van der Waals surface area contributed by atoms with Crippen LogP contribution in [0.15, 0.2) is 58.3 Å². The van der Waals surface area contributed by atoms with Crippen molar-refractivity contribution in [1.29, 1.82) is 0 Å². The monoisotopic (exact) mass is 487 g/mol. The Labute approximate surface area is 166 Å². The van der Waals surface area contributed by atoms with Gasteiger partial charge in [0, 0.05) is 17.8 Å². The van der Waals surface area contributed by atoms with E-state index in [0.29, 0.717) is 15.9 Å². The summed E-state index contributed by atoms with van der Waals surface area (Å²) in [5.74, 6) is -0.920. The van der Waals surface area contributed by atoms with Gasteiger partial charge in [-0.05, 0) is 59.2 Å². The van der Waals surface area contributed by atoms with Crippen molar-refractivity contribution in [3.05, 3.63) is 84.6 Å². The number of rotatable bonds is 5. The summed E-state index contributed by atoms with van der Waals surface area (Å²) in [4.78, 5) is 12.6. The SMILES string of the molecule is O=c1c(I)c(OCc2ccc(F)cc2F)ccn1CC1=CCCC(P)=C1. The number of benzene rings is 1. The van der Waals surface area contributed by atoms with Crippen LogP contribution in [0.1, 0.15) is 18.4 Å². The molecule has 0 radical (unpaired) electrons. The lowest BCUT2D eigenvalue weighted by molar-refractivity contribution is 0.296. The van der Waals surface area contributed by atoms with Crippen molar-refractivity contribution in [3.8, 4) is 5.75 Å². The minimum atomic E-state index is -0.669. The van der Waals surface area contributed by atoms with Gasteiger partial charge < -0.3 is 9.30 Å². The predicted molar refractivity (Wildman–Crippen MR) is 109 cm³/mol. The van der Waals surface area contributed by atoms with Crippen molar-refractivity contribution in [2.24, 2.45) is 0 Å². The van der Waals surface area contributed by atoms with Crippen LogP contribution in [0.25, 0.3) is 0 Å². The van der Waals surface area contributed by atoms with Crippen molar-refractivity contribution < 1.29 is 13.5 Å². The highest BCUT2D eigenvalue weighted by atomic mass is 127. The third kappa shape index (κ3) is 4.60. The lowest BCUT2D eigenvalue weighted by atomic mass is 10.1. The summed E-state index contributed by atoms with van der Waals surface area (Å²) < 4.78 is 34.3. The van der Waals surface area contributed by atoms with E-state index in [-0.39, 0.29) is 17.7 Å². The van der Waals surface area contributed by atoms with Crippen molar-refractivity contribution >= 4 is 31.8 Å². The molecule has 0 amide bonds. The summed E-state index contributed by atoms with van der Waals surface area (Å²) in [6.07, 6.45) is 7.88. The molecule has 7 heteroatoms. The number of hydrogen-bond donors (Lipinski definition) is 0. The van der Waals surface area contributed by atoms with E-state index in [2.05, 4.69) is 21.4 Å². The number of pyridine rings is 1. The molecular formula is C19H17F2INO2P. The van der Waals surface area contributed by atoms with Gasteiger partial charge in [-0.15, -0.1) is 9.24 Å². The first-order valence-corrected chi connectivity index (χ1v) is 9.70. The zero-order valence-corrected chi connectivity index (χ0v) is 17.2. The van der Waals surface area contributed by atoms with Crippen molar-refractivity contribution in [1.82, 2.24) is 4.57 Å². The quantitative estimate of drug-likeness (QED) is 0.449. The third-order valence-electron chi connectivity index (χ3n) is 4.03. The van der Waals surface area contributed by atoms with E-state index in [4.69, 9.17) is 4.74 Å². The molecule has 1 aliphatic carbocycles. The number of halogens is 3. The van der Waals surface area contributed by atoms with Gasteiger partial charge in [0.15, 0.2) is 0 Å². The lowest BCUT2D eigenvalue weighted by Crippen LogP contribution is -2.23. The molecule has 0 bridgehead atoms. The van der Waals surface area contributed by atoms with Gasteiger partial charge in [-0.2, -0.15) is 0 Å². The zero-order chi connectivity index (χ0) is 18.7. The minimum Gasteiger partial charge on any atom is -0.487 e. The molecule has 0 saturated heterocycles. The van der Waals surface area contributed by atoms with E-state index in [1.807, 2.05) is 22.6 Å². The minimum absolute atomic E-state index is 0.0735. The molecule has 1 aromatic heterocycles. The van der Waals surface area contributed by atoms with E-state index < -0.39 is 11.6 Å². The standard InChI is InChI=1S/C19H17F2INO2P/c20-14-5-4-13(16(21)9-14)11-25-17-6-7-23(19(24)18(17)22)10-12-2-1-3-15(26)8-12/h2,4-9H,1,3,10-11,26H2. The molecule has 1 heterocycles. The second kappa shape index (κ2) is 8.44. The fraction of sp³-hybridized carbons (Fsp3) is 0.211. The molecule has 2 aromatic rings. The maximum Gasteiger partial charge on any atom is 0.268 e. The van der Waals surface area contributed by atoms with Gasteiger partial charge in [0.2, 0.25) is 0 Å². The molecule has 0 N–H and O–H groups in total. The van der Waals surface area contributed by atoms with E-state index in [9.17, 15) is 13.6 Å². The summed E-state index contributed by atoms with van der Waals surface area (Å²) >= 11 is 1.93. The van der Waals surface area contributed by atoms with Crippen LogP contribution in [-0.4, -0.2) is 4.57 Å². The van der Waals surface area contributed by atoms with E-state index in [0.717, 1.165) is 24.5 Å². The number of ether oxygens (including phenoxy) is 1. The van der Waals surface area contributed by atoms with Crippen molar-refractivity contribution in [2.45, 2.75) is 26.0 Å². The Morgan fingerprint density at radius 2 is 2.08 bits per heavy atom. The largest absolute Gasteiger partial charge is 0.487 e. The molecule has 0 saturated carbocycles. The second-order valence-corrected chi connectivity index (χ2v) is 7.81. The van der Waals surface area contributed by atoms with Crippen LogP contribution in [0.3, 0.4) is 0 Å². The fourth-order valence-electron chi connectivity index (χ4n) is 2.66. The topological polar surface area (TPSA) is 31.2 Å². The molecular weight excluding hydrogens is 470 g/mol. The number of allylic oxidation sites excluding steroid dienone is 4. The van der Waals surface area contributed by atoms with Crippen LogP contribution in [0.5, 0.6) is 5.75 Å². The highest BCUT2D eigenvalue weighted by Crippen LogP contribution is 2.24. The smallest absolute Gasteiger partial charge is 0.268 e. The normalized spacial score (nSPS) is 14.0. The Kier molecular flexibility index (Phi) is 6.24. The van der Waals surface area contributed by atoms with Gasteiger partial charge in [0.25, 0.3) is 5.56 Å². The summed E-state index contributed by atoms with van der Waals surface area (Å²) in [5.41, 5.74) is 1.17. The van der Waals surface area contributed by atoms with E-state index >= 15 is 0 Å². The molecule has 3 rings (SSSR count). The molecule has 1 unspecified atom stereocenters. The fourth-order valence-corrected chi connectivity index (χ4v) is 3.69. The Balaban J connectivity index is 1.75. The molecule has 1 aliphatic rings. The predicted octanol–water partition coefficient (Wildman–Crippen LogP) is 4.79. The zero-order valence-electron chi connectivity index (χ0n) is 13.8. The molecule has 136 valence electrons. The van der Waals surface area contributed by atoms with Gasteiger partial charge in [-0.25, -0.2) is 8.78 Å². The van der Waals surface area contributed by atoms with Crippen LogP contribution >= 0.6 is 31.8 Å². The Morgan fingerprint density at radius 1 is 1.27 bits per heavy atom. The molecule has 0 aliphatic heterocycles. The highest BCUT2D eigenvalue weighted by molar-refractivity contribution is 14.1. The third-order valence-corrected chi connectivity index (χ3v) is 5.48. The van der Waals surface area contributed by atoms with Crippen LogP contribution in [-0.2, 0) is 13.2 Å². The Hall–Kier alpha value is -1.53. The van der Waals surface area contributed by atoms with Gasteiger partial charge in [0.05, 0.1) is 6.54 Å². The highest BCUT2D eigenvalue weighted by Gasteiger charge is 2.12. The van der Waals surface area contributed by atoms with Crippen LogP contribution in [0.2, 0.25) is 0 Å². The molecule has 1 aromatic carbocycles. The Bertz CT molecular complexity index is 953. The lowest BCUT2D eigenvalue weighted by Gasteiger charge is -2.14. The van der Waals surface area contributed by atoms with Gasteiger partial charge >= 0.3 is 0 Å². The number of nitrogens with zero attached hydrogens (tertiary/aromatic N) is 1. The first-order valence-electron chi connectivity index (χ1n) is 8.05. The van der Waals surface area contributed by atoms with E-state index in [1.54, 1.807) is 16.8 Å². The number of hydrogen-bond acceptors (Lipinski definition) is 2. The molecule has 26 heavy (non-hydrogen) atoms. The maximum absolute atomic E-state index is 13.7. The average molecular weight is 487 g/mol. The molecule has 0 spiro atoms. The molecule has 3 nitrogen and oxygen atoms in total. The van der Waals surface area contributed by atoms with Gasteiger partial charge in [-0.1, -0.05) is 17.5 Å². The molecule has 1 atom stereocenters. The van der Waals surface area contributed by atoms with Crippen LogP contribution < -0.4 is 10.3 Å². The van der Waals surface area contributed by atoms with E-state index in [1.165, 1.54) is 17.4 Å². The van der Waals surface area contributed by atoms with Gasteiger partial charge in [-0.3, -0.25) is 4.79 Å². The average Bonchev–Trinajstić information content (AvgIpc) is 2.60. The molecule has 0 fully saturated rings. The first-order chi connectivity index (χ1) is 12.4. The van der Waals surface area contributed by atoms with Gasteiger partial charge in [0.1, 0.15) is 27.6 Å². The summed E-state index contributed by atoms with van der Waals surface area (Å²) in [6, 6.07) is 5.02. The summed E-state index contributed by atoms with van der Waals surface area (Å²) in [7, 11) is 2.71. The Morgan fingerprint density at radius 3 is 2.81 bits per heavy atom. The second-order valence-electron chi connectivity index (χ2n) is 5.99. The van der Waals surface area contributed by atoms with Crippen molar-refractivity contribution in [2.75, 3.05) is 0 Å². The van der Waals surface area contributed by atoms with Crippen LogP contribution in [0.4, 0.5) is 8.78 Å². The van der Waals surface area contributed by atoms with Crippen LogP contribution in [0, 0.1) is 15.2 Å². The van der Waals surface area contributed by atoms with Crippen molar-refractivity contribution in [3.63, 3.8) is 0 Å². The summed E-state index contributed by atoms with van der Waals surface area (Å²) in [6.45, 7) is 0.426. The first kappa shape index (κ1) is 19.2.